The van der Waals surface area contributed by atoms with Crippen LogP contribution < -0.4 is 5.56 Å². The highest BCUT2D eigenvalue weighted by atomic mass is 32.1. The monoisotopic (exact) mass is 377 g/mol. The molecular formula is C18H23N3O4S. The zero-order chi connectivity index (χ0) is 18.8. The van der Waals surface area contributed by atoms with Crippen molar-refractivity contribution in [2.24, 2.45) is 5.92 Å². The van der Waals surface area contributed by atoms with Gasteiger partial charge in [-0.1, -0.05) is 6.92 Å². The molecule has 0 aliphatic heterocycles. The Morgan fingerprint density at radius 3 is 2.85 bits per heavy atom. The highest BCUT2D eigenvalue weighted by Gasteiger charge is 2.21. The van der Waals surface area contributed by atoms with Crippen LogP contribution in [0.4, 0.5) is 0 Å². The molecule has 1 atom stereocenters. The molecule has 0 saturated carbocycles. The van der Waals surface area contributed by atoms with Crippen LogP contribution in [0.2, 0.25) is 0 Å². The number of aliphatic carboxylic acids is 1. The first-order valence-corrected chi connectivity index (χ1v) is 9.66. The number of aryl methyl sites for hydroxylation is 3. The molecule has 0 spiro atoms. The highest BCUT2D eigenvalue weighted by molar-refractivity contribution is 7.18. The van der Waals surface area contributed by atoms with Crippen LogP contribution in [0.3, 0.4) is 0 Å². The van der Waals surface area contributed by atoms with Crippen LogP contribution in [0, 0.1) is 5.92 Å². The fourth-order valence-corrected chi connectivity index (χ4v) is 4.56. The molecule has 1 unspecified atom stereocenters. The summed E-state index contributed by atoms with van der Waals surface area (Å²) in [5.41, 5.74) is 1.06. The molecule has 2 aromatic rings. The van der Waals surface area contributed by atoms with Crippen molar-refractivity contribution < 1.29 is 14.7 Å². The molecule has 140 valence electrons. The lowest BCUT2D eigenvalue weighted by Gasteiger charge is -2.19. The van der Waals surface area contributed by atoms with Gasteiger partial charge in [0.05, 0.1) is 17.6 Å². The lowest BCUT2D eigenvalue weighted by Crippen LogP contribution is -2.34. The zero-order valence-electron chi connectivity index (χ0n) is 15.0. The number of amides is 1. The van der Waals surface area contributed by atoms with E-state index in [0.29, 0.717) is 5.39 Å². The summed E-state index contributed by atoms with van der Waals surface area (Å²) >= 11 is 1.61. The van der Waals surface area contributed by atoms with E-state index in [1.54, 1.807) is 25.3 Å². The Morgan fingerprint density at radius 2 is 2.12 bits per heavy atom. The van der Waals surface area contributed by atoms with Gasteiger partial charge >= 0.3 is 5.97 Å². The van der Waals surface area contributed by atoms with E-state index in [1.807, 2.05) is 0 Å². The van der Waals surface area contributed by atoms with Crippen LogP contribution in [-0.2, 0) is 29.0 Å². The fraction of sp³-hybridized carbons (Fsp3) is 0.556. The Labute approximate surface area is 155 Å². The largest absolute Gasteiger partial charge is 0.481 e. The molecule has 1 amide bonds. The van der Waals surface area contributed by atoms with Gasteiger partial charge in [-0.3, -0.25) is 19.0 Å². The maximum Gasteiger partial charge on any atom is 0.308 e. The van der Waals surface area contributed by atoms with Crippen LogP contribution in [-0.4, -0.2) is 45.0 Å². The molecule has 26 heavy (non-hydrogen) atoms. The van der Waals surface area contributed by atoms with E-state index in [9.17, 15) is 14.4 Å². The van der Waals surface area contributed by atoms with Gasteiger partial charge in [0.1, 0.15) is 4.83 Å². The SMILES string of the molecule is CC(CN(C)C(=O)CCn1cnc2sc3c(c2c1=O)CCCC3)C(=O)O. The Hall–Kier alpha value is -2.22. The van der Waals surface area contributed by atoms with Crippen molar-refractivity contribution in [3.05, 3.63) is 27.1 Å². The Bertz CT molecular complexity index is 902. The molecule has 0 saturated heterocycles. The first-order valence-electron chi connectivity index (χ1n) is 8.85. The number of aromatic nitrogens is 2. The second kappa shape index (κ2) is 7.57. The van der Waals surface area contributed by atoms with Gasteiger partial charge in [-0.05, 0) is 31.2 Å². The second-order valence-corrected chi connectivity index (χ2v) is 7.98. The summed E-state index contributed by atoms with van der Waals surface area (Å²) in [5.74, 6) is -1.74. The van der Waals surface area contributed by atoms with Crippen LogP contribution in [0.5, 0.6) is 0 Å². The lowest BCUT2D eigenvalue weighted by atomic mass is 9.97. The molecule has 0 fully saturated rings. The summed E-state index contributed by atoms with van der Waals surface area (Å²) in [6, 6.07) is 0. The van der Waals surface area contributed by atoms with E-state index in [-0.39, 0.29) is 31.0 Å². The molecule has 8 heteroatoms. The first-order chi connectivity index (χ1) is 12.4. The first kappa shape index (κ1) is 18.6. The molecule has 7 nitrogen and oxygen atoms in total. The van der Waals surface area contributed by atoms with Crippen LogP contribution in [0.1, 0.15) is 36.6 Å². The van der Waals surface area contributed by atoms with Crippen molar-refractivity contribution >= 4 is 33.4 Å². The van der Waals surface area contributed by atoms with Crippen molar-refractivity contribution in [2.45, 2.75) is 45.6 Å². The van der Waals surface area contributed by atoms with E-state index < -0.39 is 11.9 Å². The molecule has 1 N–H and O–H groups in total. The van der Waals surface area contributed by atoms with E-state index in [4.69, 9.17) is 5.11 Å². The third-order valence-electron chi connectivity index (χ3n) is 4.90. The summed E-state index contributed by atoms with van der Waals surface area (Å²) in [6.07, 6.45) is 5.84. The summed E-state index contributed by atoms with van der Waals surface area (Å²) < 4.78 is 1.50. The smallest absolute Gasteiger partial charge is 0.308 e. The number of nitrogens with zero attached hydrogens (tertiary/aromatic N) is 3. The quantitative estimate of drug-likeness (QED) is 0.830. The van der Waals surface area contributed by atoms with Crippen molar-refractivity contribution in [1.29, 1.82) is 0 Å². The number of carbonyl (C=O) groups excluding carboxylic acids is 1. The normalized spacial score (nSPS) is 14.8. The number of hydrogen-bond donors (Lipinski definition) is 1. The van der Waals surface area contributed by atoms with Gasteiger partial charge in [0.15, 0.2) is 0 Å². The summed E-state index contributed by atoms with van der Waals surface area (Å²) in [4.78, 5) is 43.9. The molecule has 0 aromatic carbocycles. The lowest BCUT2D eigenvalue weighted by molar-refractivity contribution is -0.142. The van der Waals surface area contributed by atoms with Crippen LogP contribution >= 0.6 is 11.3 Å². The molecule has 0 radical (unpaired) electrons. The molecular weight excluding hydrogens is 354 g/mol. The van der Waals surface area contributed by atoms with E-state index >= 15 is 0 Å². The maximum absolute atomic E-state index is 12.8. The van der Waals surface area contributed by atoms with Gasteiger partial charge in [-0.25, -0.2) is 4.98 Å². The van der Waals surface area contributed by atoms with Crippen LogP contribution in [0.15, 0.2) is 11.1 Å². The number of rotatable bonds is 6. The number of thiophene rings is 1. The minimum absolute atomic E-state index is 0.0799. The molecule has 2 aromatic heterocycles. The van der Waals surface area contributed by atoms with Gasteiger partial charge in [0.2, 0.25) is 5.91 Å². The van der Waals surface area contributed by atoms with Crippen molar-refractivity contribution in [3.63, 3.8) is 0 Å². The number of hydrogen-bond acceptors (Lipinski definition) is 5. The van der Waals surface area contributed by atoms with Crippen LogP contribution in [0.25, 0.3) is 10.2 Å². The topological polar surface area (TPSA) is 92.5 Å². The number of carboxylic acids is 1. The molecule has 0 bridgehead atoms. The Morgan fingerprint density at radius 1 is 1.38 bits per heavy atom. The average molecular weight is 377 g/mol. The summed E-state index contributed by atoms with van der Waals surface area (Å²) in [5, 5.41) is 9.66. The number of carboxylic acid groups (broad SMARTS) is 1. The minimum Gasteiger partial charge on any atom is -0.481 e. The average Bonchev–Trinajstić information content (AvgIpc) is 2.99. The van der Waals surface area contributed by atoms with Crippen molar-refractivity contribution in [1.82, 2.24) is 14.5 Å². The third kappa shape index (κ3) is 3.65. The van der Waals surface area contributed by atoms with Gasteiger partial charge in [0, 0.05) is 31.4 Å². The molecule has 2 heterocycles. The predicted octanol–water partition coefficient (Wildman–Crippen LogP) is 1.91. The minimum atomic E-state index is -0.933. The second-order valence-electron chi connectivity index (χ2n) is 6.90. The summed E-state index contributed by atoms with van der Waals surface area (Å²) in [6.45, 7) is 1.96. The molecule has 1 aliphatic rings. The van der Waals surface area contributed by atoms with Gasteiger partial charge in [-0.15, -0.1) is 11.3 Å². The maximum atomic E-state index is 12.8. The van der Waals surface area contributed by atoms with Gasteiger partial charge < -0.3 is 10.0 Å². The fourth-order valence-electron chi connectivity index (χ4n) is 3.34. The van der Waals surface area contributed by atoms with Crippen molar-refractivity contribution in [3.8, 4) is 0 Å². The number of fused-ring (bicyclic) bond motifs is 3. The van der Waals surface area contributed by atoms with Gasteiger partial charge in [-0.2, -0.15) is 0 Å². The van der Waals surface area contributed by atoms with E-state index in [1.165, 1.54) is 20.7 Å². The zero-order valence-corrected chi connectivity index (χ0v) is 15.8. The van der Waals surface area contributed by atoms with E-state index in [2.05, 4.69) is 4.98 Å². The predicted molar refractivity (Wildman–Crippen MR) is 99.6 cm³/mol. The van der Waals surface area contributed by atoms with Gasteiger partial charge in [0.25, 0.3) is 5.56 Å². The Kier molecular flexibility index (Phi) is 5.41. The standard InChI is InChI=1S/C18H23N3O4S/c1-11(18(24)25)9-20(2)14(22)7-8-21-10-19-16-15(17(21)23)12-5-3-4-6-13(12)26-16/h10-11H,3-9H2,1-2H3,(H,24,25). The van der Waals surface area contributed by atoms with E-state index in [0.717, 1.165) is 36.1 Å². The third-order valence-corrected chi connectivity index (χ3v) is 6.10. The summed E-state index contributed by atoms with van der Waals surface area (Å²) in [7, 11) is 1.58. The highest BCUT2D eigenvalue weighted by Crippen LogP contribution is 2.33. The molecule has 3 rings (SSSR count). The number of carbonyl (C=O) groups is 2. The molecule has 1 aliphatic carbocycles. The Balaban J connectivity index is 1.73. The van der Waals surface area contributed by atoms with Crippen molar-refractivity contribution in [2.75, 3.05) is 13.6 Å².